The number of carbonyl (C=O) groups is 1. The summed E-state index contributed by atoms with van der Waals surface area (Å²) in [5.41, 5.74) is 0.531. The predicted molar refractivity (Wildman–Crippen MR) is 71.3 cm³/mol. The van der Waals surface area contributed by atoms with Crippen molar-refractivity contribution in [2.45, 2.75) is 20.0 Å². The van der Waals surface area contributed by atoms with E-state index in [2.05, 4.69) is 0 Å². The minimum atomic E-state index is -0.654. The van der Waals surface area contributed by atoms with E-state index in [1.807, 2.05) is 0 Å². The van der Waals surface area contributed by atoms with Gasteiger partial charge in [0, 0.05) is 0 Å². The van der Waals surface area contributed by atoms with Crippen molar-refractivity contribution in [3.8, 4) is 6.07 Å². The summed E-state index contributed by atoms with van der Waals surface area (Å²) in [7, 11) is 0. The summed E-state index contributed by atoms with van der Waals surface area (Å²) in [4.78, 5) is 11.6. The minimum absolute atomic E-state index is 0.0814. The summed E-state index contributed by atoms with van der Waals surface area (Å²) in [6.45, 7) is 3.43. The lowest BCUT2D eigenvalue weighted by molar-refractivity contribution is -0.142. The molecule has 0 aromatic heterocycles. The first kappa shape index (κ1) is 14.6. The molecule has 0 aliphatic heterocycles. The molecule has 0 spiro atoms. The molecule has 0 saturated heterocycles. The van der Waals surface area contributed by atoms with E-state index >= 15 is 0 Å². The molecular weight excluding hydrogens is 273 g/mol. The number of rotatable bonds is 3. The van der Waals surface area contributed by atoms with Crippen LogP contribution in [0.4, 0.5) is 0 Å². The van der Waals surface area contributed by atoms with Crippen LogP contribution in [0.5, 0.6) is 0 Å². The van der Waals surface area contributed by atoms with Crippen LogP contribution in [-0.4, -0.2) is 12.1 Å². The zero-order valence-corrected chi connectivity index (χ0v) is 11.4. The van der Waals surface area contributed by atoms with E-state index in [1.165, 1.54) is 6.08 Å². The largest absolute Gasteiger partial charge is 0.459 e. The molecule has 0 saturated carbocycles. The van der Waals surface area contributed by atoms with E-state index < -0.39 is 5.97 Å². The van der Waals surface area contributed by atoms with Gasteiger partial charge >= 0.3 is 5.97 Å². The molecule has 3 nitrogen and oxygen atoms in total. The zero-order chi connectivity index (χ0) is 13.7. The highest BCUT2D eigenvalue weighted by molar-refractivity contribution is 6.42. The average molecular weight is 284 g/mol. The van der Waals surface area contributed by atoms with Gasteiger partial charge in [0.05, 0.1) is 16.1 Å². The van der Waals surface area contributed by atoms with Gasteiger partial charge < -0.3 is 4.74 Å². The van der Waals surface area contributed by atoms with Gasteiger partial charge in [0.15, 0.2) is 0 Å². The van der Waals surface area contributed by atoms with Gasteiger partial charge in [0.1, 0.15) is 11.6 Å². The molecule has 0 fully saturated rings. The highest BCUT2D eigenvalue weighted by atomic mass is 35.5. The van der Waals surface area contributed by atoms with E-state index in [9.17, 15) is 4.79 Å². The number of hydrogen-bond donors (Lipinski definition) is 0. The van der Waals surface area contributed by atoms with E-state index in [0.29, 0.717) is 15.6 Å². The maximum Gasteiger partial charge on any atom is 0.349 e. The molecule has 0 heterocycles. The number of carbonyl (C=O) groups excluding carboxylic acids is 1. The highest BCUT2D eigenvalue weighted by Crippen LogP contribution is 2.23. The first-order valence-electron chi connectivity index (χ1n) is 5.22. The molecule has 0 radical (unpaired) electrons. The summed E-state index contributed by atoms with van der Waals surface area (Å²) in [6, 6.07) is 6.63. The van der Waals surface area contributed by atoms with Crippen LogP contribution in [0.1, 0.15) is 19.4 Å². The highest BCUT2D eigenvalue weighted by Gasteiger charge is 2.12. The van der Waals surface area contributed by atoms with Crippen LogP contribution in [0, 0.1) is 11.3 Å². The fourth-order valence-electron chi connectivity index (χ4n) is 1.18. The molecular formula is C13H11Cl2NO2. The number of halogens is 2. The van der Waals surface area contributed by atoms with Crippen LogP contribution in [0.2, 0.25) is 10.0 Å². The van der Waals surface area contributed by atoms with Gasteiger partial charge in [-0.15, -0.1) is 0 Å². The van der Waals surface area contributed by atoms with Gasteiger partial charge in [-0.2, -0.15) is 5.26 Å². The van der Waals surface area contributed by atoms with Crippen molar-refractivity contribution >= 4 is 35.2 Å². The number of esters is 1. The molecule has 0 amide bonds. The van der Waals surface area contributed by atoms with Gasteiger partial charge in [-0.1, -0.05) is 29.3 Å². The Balaban J connectivity index is 3.01. The van der Waals surface area contributed by atoms with Crippen molar-refractivity contribution in [3.63, 3.8) is 0 Å². The van der Waals surface area contributed by atoms with Crippen LogP contribution >= 0.6 is 23.2 Å². The summed E-state index contributed by atoms with van der Waals surface area (Å²) in [6.07, 6.45) is 1.13. The topological polar surface area (TPSA) is 50.1 Å². The Bertz CT molecular complexity index is 530. The normalized spacial score (nSPS) is 11.2. The Morgan fingerprint density at radius 3 is 2.56 bits per heavy atom. The van der Waals surface area contributed by atoms with Crippen LogP contribution in [0.15, 0.2) is 23.8 Å². The lowest BCUT2D eigenvalue weighted by Gasteiger charge is -2.06. The van der Waals surface area contributed by atoms with Crippen molar-refractivity contribution < 1.29 is 9.53 Å². The molecule has 0 aliphatic rings. The van der Waals surface area contributed by atoms with Crippen molar-refractivity contribution in [1.82, 2.24) is 0 Å². The Kier molecular flexibility index (Phi) is 5.21. The van der Waals surface area contributed by atoms with Crippen molar-refractivity contribution in [3.05, 3.63) is 39.4 Å². The second-order valence-corrected chi connectivity index (χ2v) is 4.61. The SMILES string of the molecule is CC(C)OC(=O)/C(C#N)=C/c1ccc(Cl)c(Cl)c1. The van der Waals surface area contributed by atoms with Crippen LogP contribution in [0.25, 0.3) is 6.08 Å². The third-order valence-electron chi connectivity index (χ3n) is 1.94. The Hall–Kier alpha value is -1.50. The molecule has 0 atom stereocenters. The van der Waals surface area contributed by atoms with Crippen molar-refractivity contribution in [2.75, 3.05) is 0 Å². The second kappa shape index (κ2) is 6.44. The molecule has 5 heteroatoms. The first-order valence-corrected chi connectivity index (χ1v) is 5.97. The number of hydrogen-bond acceptors (Lipinski definition) is 3. The first-order chi connectivity index (χ1) is 8.43. The molecule has 18 heavy (non-hydrogen) atoms. The Labute approximate surface area is 116 Å². The smallest absolute Gasteiger partial charge is 0.349 e. The maximum absolute atomic E-state index is 11.6. The van der Waals surface area contributed by atoms with Crippen molar-refractivity contribution in [1.29, 1.82) is 5.26 Å². The number of benzene rings is 1. The van der Waals surface area contributed by atoms with Gasteiger partial charge in [-0.05, 0) is 37.6 Å². The van der Waals surface area contributed by atoms with Gasteiger partial charge in [0.25, 0.3) is 0 Å². The van der Waals surface area contributed by atoms with E-state index in [-0.39, 0.29) is 11.7 Å². The summed E-state index contributed by atoms with van der Waals surface area (Å²) >= 11 is 11.6. The monoisotopic (exact) mass is 283 g/mol. The lowest BCUT2D eigenvalue weighted by atomic mass is 10.1. The second-order valence-electron chi connectivity index (χ2n) is 3.80. The number of nitrogens with zero attached hydrogens (tertiary/aromatic N) is 1. The average Bonchev–Trinajstić information content (AvgIpc) is 2.29. The van der Waals surface area contributed by atoms with E-state index in [1.54, 1.807) is 38.1 Å². The van der Waals surface area contributed by atoms with E-state index in [0.717, 1.165) is 0 Å². The lowest BCUT2D eigenvalue weighted by Crippen LogP contribution is -2.12. The molecule has 0 N–H and O–H groups in total. The number of ether oxygens (including phenoxy) is 1. The van der Waals surface area contributed by atoms with Crippen LogP contribution in [-0.2, 0) is 9.53 Å². The summed E-state index contributed by atoms with van der Waals surface area (Å²) < 4.78 is 4.94. The molecule has 1 aromatic rings. The predicted octanol–water partition coefficient (Wildman–Crippen LogP) is 3.85. The maximum atomic E-state index is 11.6. The van der Waals surface area contributed by atoms with Crippen molar-refractivity contribution in [2.24, 2.45) is 0 Å². The Morgan fingerprint density at radius 2 is 2.06 bits per heavy atom. The number of nitriles is 1. The fourth-order valence-corrected chi connectivity index (χ4v) is 1.49. The summed E-state index contributed by atoms with van der Waals surface area (Å²) in [5, 5.41) is 9.69. The van der Waals surface area contributed by atoms with Crippen LogP contribution in [0.3, 0.4) is 0 Å². The molecule has 0 unspecified atom stereocenters. The van der Waals surface area contributed by atoms with Gasteiger partial charge in [-0.3, -0.25) is 0 Å². The third kappa shape index (κ3) is 4.06. The third-order valence-corrected chi connectivity index (χ3v) is 2.68. The molecule has 0 aliphatic carbocycles. The zero-order valence-electron chi connectivity index (χ0n) is 9.91. The standard InChI is InChI=1S/C13H11Cl2NO2/c1-8(2)18-13(17)10(7-16)5-9-3-4-11(14)12(15)6-9/h3-6,8H,1-2H3/b10-5+. The summed E-state index contributed by atoms with van der Waals surface area (Å²) in [5.74, 6) is -0.654. The molecule has 1 aromatic carbocycles. The molecule has 94 valence electrons. The van der Waals surface area contributed by atoms with Gasteiger partial charge in [-0.25, -0.2) is 4.79 Å². The van der Waals surface area contributed by atoms with E-state index in [4.69, 9.17) is 33.2 Å². The quantitative estimate of drug-likeness (QED) is 0.481. The van der Waals surface area contributed by atoms with Crippen LogP contribution < -0.4 is 0 Å². The molecule has 1 rings (SSSR count). The van der Waals surface area contributed by atoms with Gasteiger partial charge in [0.2, 0.25) is 0 Å². The Morgan fingerprint density at radius 1 is 1.39 bits per heavy atom. The molecule has 0 bridgehead atoms. The minimum Gasteiger partial charge on any atom is -0.459 e. The fraction of sp³-hybridized carbons (Fsp3) is 0.231.